The van der Waals surface area contributed by atoms with E-state index in [1.54, 1.807) is 6.20 Å². The summed E-state index contributed by atoms with van der Waals surface area (Å²) in [6, 6.07) is 3.92. The fraction of sp³-hybridized carbons (Fsp3) is 0.615. The lowest BCUT2D eigenvalue weighted by Gasteiger charge is -2.38. The molecule has 98 valence electrons. The molecule has 1 aromatic heterocycles. The fourth-order valence-corrected chi connectivity index (χ4v) is 2.93. The summed E-state index contributed by atoms with van der Waals surface area (Å²) in [5, 5.41) is 0.549. The Hall–Kier alpha value is -0.680. The third kappa shape index (κ3) is 2.67. The molecule has 4 nitrogen and oxygen atoms in total. The van der Waals surface area contributed by atoms with Crippen molar-refractivity contribution in [3.8, 4) is 0 Å². The Morgan fingerprint density at radius 3 is 3.00 bits per heavy atom. The number of hydrogen-bond donors (Lipinski definition) is 0. The van der Waals surface area contributed by atoms with Crippen molar-refractivity contribution in [1.82, 2.24) is 9.88 Å². The predicted octanol–water partition coefficient (Wildman–Crippen LogP) is 2.07. The molecule has 0 amide bonds. The van der Waals surface area contributed by atoms with Crippen LogP contribution in [0.15, 0.2) is 18.3 Å². The molecule has 0 N–H and O–H groups in total. The monoisotopic (exact) mass is 268 g/mol. The maximum Gasteiger partial charge on any atom is 0.181 e. The lowest BCUT2D eigenvalue weighted by atomic mass is 10.0. The Balaban J connectivity index is 1.66. The van der Waals surface area contributed by atoms with Crippen molar-refractivity contribution in [3.05, 3.63) is 29.0 Å². The van der Waals surface area contributed by atoms with Gasteiger partial charge in [0.1, 0.15) is 5.15 Å². The second-order valence-corrected chi connectivity index (χ2v) is 5.30. The van der Waals surface area contributed by atoms with Gasteiger partial charge in [-0.15, -0.1) is 0 Å². The molecule has 0 bridgehead atoms. The molecule has 2 aliphatic heterocycles. The number of nitrogens with zero attached hydrogens (tertiary/aromatic N) is 2. The molecule has 3 heterocycles. The molecule has 3 rings (SSSR count). The molecule has 0 aromatic carbocycles. The summed E-state index contributed by atoms with van der Waals surface area (Å²) in [7, 11) is 0. The molecular weight excluding hydrogens is 252 g/mol. The van der Waals surface area contributed by atoms with Crippen molar-refractivity contribution in [1.29, 1.82) is 0 Å². The highest BCUT2D eigenvalue weighted by molar-refractivity contribution is 6.29. The first-order chi connectivity index (χ1) is 8.76. The van der Waals surface area contributed by atoms with Crippen LogP contribution in [0.5, 0.6) is 0 Å². The summed E-state index contributed by atoms with van der Waals surface area (Å²) in [5.74, 6) is -0.352. The van der Waals surface area contributed by atoms with Gasteiger partial charge in [0, 0.05) is 19.2 Å². The summed E-state index contributed by atoms with van der Waals surface area (Å²) in [6.45, 7) is 4.22. The summed E-state index contributed by atoms with van der Waals surface area (Å²) in [6.07, 6.45) is 3.86. The van der Waals surface area contributed by atoms with Crippen LogP contribution in [0, 0.1) is 0 Å². The van der Waals surface area contributed by atoms with Crippen LogP contribution in [-0.2, 0) is 16.0 Å². The van der Waals surface area contributed by atoms with Gasteiger partial charge in [-0.3, -0.25) is 4.90 Å². The van der Waals surface area contributed by atoms with Crippen molar-refractivity contribution >= 4 is 11.6 Å². The molecule has 2 fully saturated rings. The van der Waals surface area contributed by atoms with Crippen LogP contribution in [0.4, 0.5) is 0 Å². The van der Waals surface area contributed by atoms with Gasteiger partial charge < -0.3 is 9.47 Å². The number of pyridine rings is 1. The first-order valence-corrected chi connectivity index (χ1v) is 6.74. The summed E-state index contributed by atoms with van der Waals surface area (Å²) in [5.41, 5.74) is 1.19. The van der Waals surface area contributed by atoms with Crippen molar-refractivity contribution in [3.63, 3.8) is 0 Å². The van der Waals surface area contributed by atoms with E-state index in [1.165, 1.54) is 5.56 Å². The highest BCUT2D eigenvalue weighted by atomic mass is 35.5. The predicted molar refractivity (Wildman–Crippen MR) is 68.4 cm³/mol. The van der Waals surface area contributed by atoms with E-state index in [1.807, 2.05) is 12.1 Å². The SMILES string of the molecule is Clc1cc(CN2CCCC3(C2)OCCO3)ccn1. The quantitative estimate of drug-likeness (QED) is 0.769. The van der Waals surface area contributed by atoms with E-state index >= 15 is 0 Å². The summed E-state index contributed by atoms with van der Waals surface area (Å²) < 4.78 is 11.5. The second-order valence-electron chi connectivity index (χ2n) is 4.91. The van der Waals surface area contributed by atoms with E-state index in [0.29, 0.717) is 5.15 Å². The van der Waals surface area contributed by atoms with Gasteiger partial charge >= 0.3 is 0 Å². The van der Waals surface area contributed by atoms with Crippen LogP contribution in [0.3, 0.4) is 0 Å². The van der Waals surface area contributed by atoms with Crippen LogP contribution in [0.25, 0.3) is 0 Å². The van der Waals surface area contributed by atoms with Crippen LogP contribution in [0.1, 0.15) is 18.4 Å². The molecular formula is C13H17ClN2O2. The molecule has 5 heteroatoms. The number of halogens is 1. The molecule has 0 aliphatic carbocycles. The Kier molecular flexibility index (Phi) is 3.52. The second kappa shape index (κ2) is 5.13. The number of hydrogen-bond acceptors (Lipinski definition) is 4. The first kappa shape index (κ1) is 12.4. The third-order valence-electron chi connectivity index (χ3n) is 3.51. The van der Waals surface area contributed by atoms with Crippen molar-refractivity contribution in [2.75, 3.05) is 26.3 Å². The zero-order valence-corrected chi connectivity index (χ0v) is 11.0. The molecule has 0 atom stereocenters. The molecule has 18 heavy (non-hydrogen) atoms. The molecule has 1 spiro atoms. The van der Waals surface area contributed by atoms with Gasteiger partial charge in [0.25, 0.3) is 0 Å². The number of likely N-dealkylation sites (tertiary alicyclic amines) is 1. The molecule has 2 saturated heterocycles. The average molecular weight is 269 g/mol. The Labute approximate surface area is 112 Å². The topological polar surface area (TPSA) is 34.6 Å². The van der Waals surface area contributed by atoms with Gasteiger partial charge in [0.15, 0.2) is 5.79 Å². The maximum atomic E-state index is 5.90. The lowest BCUT2D eigenvalue weighted by molar-refractivity contribution is -0.190. The zero-order valence-electron chi connectivity index (χ0n) is 10.3. The van der Waals surface area contributed by atoms with Gasteiger partial charge in [-0.2, -0.15) is 0 Å². The minimum absolute atomic E-state index is 0.352. The average Bonchev–Trinajstić information content (AvgIpc) is 2.77. The fourth-order valence-electron chi connectivity index (χ4n) is 2.74. The molecule has 2 aliphatic rings. The number of piperidine rings is 1. The zero-order chi connectivity index (χ0) is 12.4. The standard InChI is InChI=1S/C13H17ClN2O2/c14-12-8-11(2-4-15-12)9-16-5-1-3-13(10-16)17-6-7-18-13/h2,4,8H,1,3,5-7,9-10H2. The Morgan fingerprint density at radius 1 is 1.39 bits per heavy atom. The molecule has 1 aromatic rings. The highest BCUT2D eigenvalue weighted by Gasteiger charge is 2.40. The summed E-state index contributed by atoms with van der Waals surface area (Å²) in [4.78, 5) is 6.36. The van der Waals surface area contributed by atoms with Gasteiger partial charge in [-0.25, -0.2) is 4.98 Å². The first-order valence-electron chi connectivity index (χ1n) is 6.37. The van der Waals surface area contributed by atoms with Crippen molar-refractivity contribution < 1.29 is 9.47 Å². The Morgan fingerprint density at radius 2 is 2.22 bits per heavy atom. The lowest BCUT2D eigenvalue weighted by Crippen LogP contribution is -2.48. The smallest absolute Gasteiger partial charge is 0.181 e. The number of ether oxygens (including phenoxy) is 2. The minimum Gasteiger partial charge on any atom is -0.346 e. The van der Waals surface area contributed by atoms with Gasteiger partial charge in [0.2, 0.25) is 0 Å². The van der Waals surface area contributed by atoms with Crippen LogP contribution < -0.4 is 0 Å². The normalized spacial score (nSPS) is 23.6. The van der Waals surface area contributed by atoms with Crippen LogP contribution in [-0.4, -0.2) is 42.0 Å². The largest absolute Gasteiger partial charge is 0.346 e. The highest BCUT2D eigenvalue weighted by Crippen LogP contribution is 2.30. The van der Waals surface area contributed by atoms with Crippen LogP contribution >= 0.6 is 11.6 Å². The Bertz CT molecular complexity index is 421. The van der Waals surface area contributed by atoms with E-state index < -0.39 is 0 Å². The molecule has 0 radical (unpaired) electrons. The van der Waals surface area contributed by atoms with E-state index in [2.05, 4.69) is 9.88 Å². The van der Waals surface area contributed by atoms with Gasteiger partial charge in [-0.1, -0.05) is 11.6 Å². The minimum atomic E-state index is -0.352. The molecule has 0 unspecified atom stereocenters. The van der Waals surface area contributed by atoms with Gasteiger partial charge in [-0.05, 0) is 30.7 Å². The van der Waals surface area contributed by atoms with E-state index in [0.717, 1.165) is 45.7 Å². The van der Waals surface area contributed by atoms with E-state index in [9.17, 15) is 0 Å². The van der Waals surface area contributed by atoms with Crippen LogP contribution in [0.2, 0.25) is 5.15 Å². The van der Waals surface area contributed by atoms with Gasteiger partial charge in [0.05, 0.1) is 19.8 Å². The maximum absolute atomic E-state index is 5.90. The van der Waals surface area contributed by atoms with Crippen molar-refractivity contribution in [2.45, 2.75) is 25.2 Å². The third-order valence-corrected chi connectivity index (χ3v) is 3.71. The molecule has 0 saturated carbocycles. The van der Waals surface area contributed by atoms with E-state index in [4.69, 9.17) is 21.1 Å². The summed E-state index contributed by atoms with van der Waals surface area (Å²) >= 11 is 5.90. The van der Waals surface area contributed by atoms with Crippen molar-refractivity contribution in [2.24, 2.45) is 0 Å². The van der Waals surface area contributed by atoms with E-state index in [-0.39, 0.29) is 5.79 Å². The number of aromatic nitrogens is 1. The number of rotatable bonds is 2.